The fraction of sp³-hybridized carbons (Fsp3) is 0.667. The lowest BCUT2D eigenvalue weighted by Gasteiger charge is -2.22. The third-order valence-electron chi connectivity index (χ3n) is 3.82. The van der Waals surface area contributed by atoms with Gasteiger partial charge in [0.25, 0.3) is 5.56 Å². The third-order valence-corrected chi connectivity index (χ3v) is 3.82. The van der Waals surface area contributed by atoms with Crippen LogP contribution >= 0.6 is 0 Å². The van der Waals surface area contributed by atoms with E-state index in [2.05, 4.69) is 13.8 Å². The van der Waals surface area contributed by atoms with E-state index < -0.39 is 0 Å². The summed E-state index contributed by atoms with van der Waals surface area (Å²) in [5, 5.41) is 0. The predicted octanol–water partition coefficient (Wildman–Crippen LogP) is 2.23. The maximum atomic E-state index is 12.4. The van der Waals surface area contributed by atoms with E-state index in [9.17, 15) is 4.79 Å². The smallest absolute Gasteiger partial charge is 0.255 e. The standard InChI is InChI=1S/C15H24N2O/c1-11(2)7-8-17-14-6-4-3-5-12(14)9-13(10-16)15(17)18/h9,11H,3-8,10,16H2,1-2H3. The van der Waals surface area contributed by atoms with Crippen molar-refractivity contribution in [2.45, 2.75) is 59.0 Å². The van der Waals surface area contributed by atoms with Gasteiger partial charge >= 0.3 is 0 Å². The van der Waals surface area contributed by atoms with Gasteiger partial charge in [0.05, 0.1) is 0 Å². The van der Waals surface area contributed by atoms with E-state index in [1.807, 2.05) is 10.6 Å². The molecule has 1 aliphatic carbocycles. The van der Waals surface area contributed by atoms with Crippen LogP contribution in [-0.4, -0.2) is 4.57 Å². The molecule has 0 saturated carbocycles. The summed E-state index contributed by atoms with van der Waals surface area (Å²) in [5.41, 5.74) is 9.23. The van der Waals surface area contributed by atoms with Gasteiger partial charge in [-0.1, -0.05) is 13.8 Å². The van der Waals surface area contributed by atoms with Crippen LogP contribution < -0.4 is 11.3 Å². The van der Waals surface area contributed by atoms with Crippen molar-refractivity contribution >= 4 is 0 Å². The van der Waals surface area contributed by atoms with Crippen LogP contribution in [0.4, 0.5) is 0 Å². The molecule has 2 rings (SSSR count). The third kappa shape index (κ3) is 2.66. The normalized spacial score (nSPS) is 14.9. The maximum Gasteiger partial charge on any atom is 0.255 e. The number of aromatic nitrogens is 1. The molecule has 1 aromatic rings. The molecule has 2 N–H and O–H groups in total. The molecule has 0 aliphatic heterocycles. The van der Waals surface area contributed by atoms with Crippen molar-refractivity contribution in [1.82, 2.24) is 4.57 Å². The van der Waals surface area contributed by atoms with Crippen LogP contribution in [0.5, 0.6) is 0 Å². The van der Waals surface area contributed by atoms with Crippen molar-refractivity contribution in [3.05, 3.63) is 33.2 Å². The molecule has 1 aromatic heterocycles. The lowest BCUT2D eigenvalue weighted by molar-refractivity contribution is 0.482. The van der Waals surface area contributed by atoms with Crippen LogP contribution in [-0.2, 0) is 25.9 Å². The number of hydrogen-bond donors (Lipinski definition) is 1. The second-order valence-electron chi connectivity index (χ2n) is 5.69. The van der Waals surface area contributed by atoms with Crippen molar-refractivity contribution in [1.29, 1.82) is 0 Å². The first kappa shape index (κ1) is 13.3. The first-order valence-electron chi connectivity index (χ1n) is 7.08. The fourth-order valence-electron chi connectivity index (χ4n) is 2.71. The van der Waals surface area contributed by atoms with Crippen molar-refractivity contribution < 1.29 is 0 Å². The van der Waals surface area contributed by atoms with Gasteiger partial charge in [-0.3, -0.25) is 4.79 Å². The minimum Gasteiger partial charge on any atom is -0.326 e. The molecule has 0 bridgehead atoms. The minimum atomic E-state index is 0.138. The molecule has 1 heterocycles. The number of nitrogens with zero attached hydrogens (tertiary/aromatic N) is 1. The summed E-state index contributed by atoms with van der Waals surface area (Å²) in [6.07, 6.45) is 5.65. The lowest BCUT2D eigenvalue weighted by Crippen LogP contribution is -2.31. The highest BCUT2D eigenvalue weighted by Gasteiger charge is 2.17. The SMILES string of the molecule is CC(C)CCn1c2c(cc(CN)c1=O)CCCC2. The quantitative estimate of drug-likeness (QED) is 0.888. The average Bonchev–Trinajstić information content (AvgIpc) is 2.36. The zero-order valence-corrected chi connectivity index (χ0v) is 11.5. The van der Waals surface area contributed by atoms with E-state index >= 15 is 0 Å². The topological polar surface area (TPSA) is 48.0 Å². The minimum absolute atomic E-state index is 0.138. The second-order valence-corrected chi connectivity index (χ2v) is 5.69. The highest BCUT2D eigenvalue weighted by molar-refractivity contribution is 5.29. The van der Waals surface area contributed by atoms with E-state index in [0.29, 0.717) is 12.5 Å². The molecule has 0 unspecified atom stereocenters. The summed E-state index contributed by atoms with van der Waals surface area (Å²) in [4.78, 5) is 12.4. The lowest BCUT2D eigenvalue weighted by atomic mass is 9.94. The van der Waals surface area contributed by atoms with E-state index in [4.69, 9.17) is 5.73 Å². The summed E-state index contributed by atoms with van der Waals surface area (Å²) in [6, 6.07) is 2.04. The van der Waals surface area contributed by atoms with Crippen molar-refractivity contribution in [2.24, 2.45) is 11.7 Å². The van der Waals surface area contributed by atoms with Gasteiger partial charge < -0.3 is 10.3 Å². The average molecular weight is 248 g/mol. The van der Waals surface area contributed by atoms with Gasteiger partial charge in [0, 0.05) is 24.3 Å². The molecule has 1 aliphatic rings. The van der Waals surface area contributed by atoms with Crippen LogP contribution in [0.1, 0.15) is 49.9 Å². The molecule has 0 atom stereocenters. The molecule has 18 heavy (non-hydrogen) atoms. The Morgan fingerprint density at radius 1 is 1.33 bits per heavy atom. The highest BCUT2D eigenvalue weighted by Crippen LogP contribution is 2.21. The first-order valence-corrected chi connectivity index (χ1v) is 7.08. The number of pyridine rings is 1. The van der Waals surface area contributed by atoms with Crippen LogP contribution in [0.15, 0.2) is 10.9 Å². The molecule has 3 nitrogen and oxygen atoms in total. The van der Waals surface area contributed by atoms with Gasteiger partial charge in [0.1, 0.15) is 0 Å². The Balaban J connectivity index is 2.43. The van der Waals surface area contributed by atoms with E-state index in [1.165, 1.54) is 24.1 Å². The summed E-state index contributed by atoms with van der Waals surface area (Å²) in [6.45, 7) is 5.59. The Hall–Kier alpha value is -1.09. The Labute approximate surface area is 109 Å². The molecular weight excluding hydrogens is 224 g/mol. The molecule has 3 heteroatoms. The van der Waals surface area contributed by atoms with Gasteiger partial charge in [-0.15, -0.1) is 0 Å². The summed E-state index contributed by atoms with van der Waals surface area (Å²) in [7, 11) is 0. The van der Waals surface area contributed by atoms with E-state index in [0.717, 1.165) is 31.4 Å². The molecule has 0 radical (unpaired) electrons. The molecule has 0 spiro atoms. The summed E-state index contributed by atoms with van der Waals surface area (Å²) in [5.74, 6) is 0.623. The van der Waals surface area contributed by atoms with Crippen molar-refractivity contribution in [2.75, 3.05) is 0 Å². The fourth-order valence-corrected chi connectivity index (χ4v) is 2.71. The molecule has 0 aromatic carbocycles. The first-order chi connectivity index (χ1) is 8.63. The van der Waals surface area contributed by atoms with E-state index in [-0.39, 0.29) is 5.56 Å². The number of nitrogens with two attached hydrogens (primary N) is 1. The number of rotatable bonds is 4. The zero-order chi connectivity index (χ0) is 13.1. The number of fused-ring (bicyclic) bond motifs is 1. The highest BCUT2D eigenvalue weighted by atomic mass is 16.1. The number of aryl methyl sites for hydroxylation is 1. The zero-order valence-electron chi connectivity index (χ0n) is 11.5. The summed E-state index contributed by atoms with van der Waals surface area (Å²) < 4.78 is 2.00. The largest absolute Gasteiger partial charge is 0.326 e. The van der Waals surface area contributed by atoms with Crippen LogP contribution in [0, 0.1) is 5.92 Å². The molecular formula is C15H24N2O. The van der Waals surface area contributed by atoms with Gasteiger partial charge in [-0.05, 0) is 49.7 Å². The Kier molecular flexibility index (Phi) is 4.23. The van der Waals surface area contributed by atoms with Crippen molar-refractivity contribution in [3.63, 3.8) is 0 Å². The van der Waals surface area contributed by atoms with Crippen LogP contribution in [0.2, 0.25) is 0 Å². The number of hydrogen-bond acceptors (Lipinski definition) is 2. The van der Waals surface area contributed by atoms with Gasteiger partial charge in [-0.25, -0.2) is 0 Å². The van der Waals surface area contributed by atoms with Crippen molar-refractivity contribution in [3.8, 4) is 0 Å². The molecule has 0 amide bonds. The summed E-state index contributed by atoms with van der Waals surface area (Å²) >= 11 is 0. The maximum absolute atomic E-state index is 12.4. The van der Waals surface area contributed by atoms with Gasteiger partial charge in [-0.2, -0.15) is 0 Å². The van der Waals surface area contributed by atoms with E-state index in [1.54, 1.807) is 0 Å². The predicted molar refractivity (Wildman–Crippen MR) is 74.7 cm³/mol. The van der Waals surface area contributed by atoms with Gasteiger partial charge in [0.2, 0.25) is 0 Å². The molecule has 100 valence electrons. The Morgan fingerprint density at radius 3 is 2.72 bits per heavy atom. The molecule has 0 saturated heterocycles. The Morgan fingerprint density at radius 2 is 2.06 bits per heavy atom. The van der Waals surface area contributed by atoms with Crippen LogP contribution in [0.25, 0.3) is 0 Å². The monoisotopic (exact) mass is 248 g/mol. The second kappa shape index (κ2) is 5.70. The molecule has 0 fully saturated rings. The van der Waals surface area contributed by atoms with Gasteiger partial charge in [0.15, 0.2) is 0 Å². The Bertz CT molecular complexity index is 474. The van der Waals surface area contributed by atoms with Crippen LogP contribution in [0.3, 0.4) is 0 Å².